The molecule has 9 nitrogen and oxygen atoms in total. The molecule has 1 aliphatic rings. The van der Waals surface area contributed by atoms with E-state index in [4.69, 9.17) is 4.42 Å². The summed E-state index contributed by atoms with van der Waals surface area (Å²) in [5.41, 5.74) is 0.972. The van der Waals surface area contributed by atoms with Crippen LogP contribution in [0.2, 0.25) is 0 Å². The molecule has 0 bridgehead atoms. The number of piperazine rings is 1. The lowest BCUT2D eigenvalue weighted by Gasteiger charge is -2.36. The van der Waals surface area contributed by atoms with Crippen LogP contribution in [0.1, 0.15) is 26.5 Å². The molecule has 188 valence electrons. The van der Waals surface area contributed by atoms with Gasteiger partial charge < -0.3 is 19.5 Å². The van der Waals surface area contributed by atoms with Gasteiger partial charge in [-0.05, 0) is 55.5 Å². The Bertz CT molecular complexity index is 1370. The van der Waals surface area contributed by atoms with Crippen molar-refractivity contribution < 1.29 is 31.6 Å². The maximum absolute atomic E-state index is 13.5. The number of amides is 3. The van der Waals surface area contributed by atoms with Crippen molar-refractivity contribution in [3.8, 4) is 0 Å². The Morgan fingerprint density at radius 1 is 0.944 bits per heavy atom. The normalized spacial score (nSPS) is 14.8. The van der Waals surface area contributed by atoms with Gasteiger partial charge in [-0.15, -0.1) is 0 Å². The van der Waals surface area contributed by atoms with Gasteiger partial charge in [-0.25, -0.2) is 12.8 Å². The number of sulfone groups is 1. The molecule has 3 aromatic rings. The summed E-state index contributed by atoms with van der Waals surface area (Å²) >= 11 is 0. The number of hydrogen-bond donors (Lipinski definition) is 1. The Morgan fingerprint density at radius 2 is 1.61 bits per heavy atom. The van der Waals surface area contributed by atoms with Crippen molar-refractivity contribution in [2.45, 2.75) is 17.2 Å². The molecular weight excluding hydrogens is 489 g/mol. The lowest BCUT2D eigenvalue weighted by Crippen LogP contribution is -2.57. The highest BCUT2D eigenvalue weighted by molar-refractivity contribution is 7.92. The minimum absolute atomic E-state index is 0.0566. The Labute approximate surface area is 207 Å². The molecule has 11 heteroatoms. The topological polar surface area (TPSA) is 117 Å². The summed E-state index contributed by atoms with van der Waals surface area (Å²) in [4.78, 5) is 41.4. The zero-order valence-electron chi connectivity index (χ0n) is 19.4. The molecule has 0 radical (unpaired) electrons. The number of carbonyl (C=O) groups excluding carboxylic acids is 3. The first-order chi connectivity index (χ1) is 17.2. The van der Waals surface area contributed by atoms with Crippen LogP contribution in [0.5, 0.6) is 0 Å². The summed E-state index contributed by atoms with van der Waals surface area (Å²) < 4.78 is 45.4. The first kappa shape index (κ1) is 25.1. The molecule has 2 heterocycles. The van der Waals surface area contributed by atoms with E-state index in [1.54, 1.807) is 31.2 Å². The second kappa shape index (κ2) is 10.3. The summed E-state index contributed by atoms with van der Waals surface area (Å²) in [6.45, 7) is 2.20. The lowest BCUT2D eigenvalue weighted by molar-refractivity contribution is -0.132. The molecule has 3 amide bonds. The standard InChI is InChI=1S/C25H24FN3O6S/c1-17-4-2-5-18(16-17)22(30)27-23(36(33,34)20-9-7-19(26)8-10-20)25(32)29-13-11-28(12-14-29)24(31)21-6-3-15-35-21/h2-10,15-16,23H,11-14H2,1H3,(H,27,30)/t23-/m0/s1. The first-order valence-electron chi connectivity index (χ1n) is 11.2. The van der Waals surface area contributed by atoms with E-state index in [0.717, 1.165) is 29.8 Å². The minimum atomic E-state index is -4.43. The van der Waals surface area contributed by atoms with E-state index in [1.165, 1.54) is 28.2 Å². The fourth-order valence-corrected chi connectivity index (χ4v) is 5.34. The van der Waals surface area contributed by atoms with Crippen molar-refractivity contribution in [1.82, 2.24) is 15.1 Å². The molecule has 1 atom stereocenters. The summed E-state index contributed by atoms with van der Waals surface area (Å²) in [6, 6.07) is 13.6. The first-order valence-corrected chi connectivity index (χ1v) is 12.7. The second-order valence-corrected chi connectivity index (χ2v) is 10.3. The molecule has 36 heavy (non-hydrogen) atoms. The van der Waals surface area contributed by atoms with Gasteiger partial charge in [-0.2, -0.15) is 0 Å². The largest absolute Gasteiger partial charge is 0.459 e. The highest BCUT2D eigenvalue weighted by Gasteiger charge is 2.39. The van der Waals surface area contributed by atoms with E-state index in [-0.39, 0.29) is 48.3 Å². The zero-order valence-corrected chi connectivity index (χ0v) is 20.2. The lowest BCUT2D eigenvalue weighted by atomic mass is 10.1. The fourth-order valence-electron chi connectivity index (χ4n) is 3.87. The van der Waals surface area contributed by atoms with Gasteiger partial charge in [0.2, 0.25) is 15.2 Å². The predicted octanol–water partition coefficient (Wildman–Crippen LogP) is 2.24. The van der Waals surface area contributed by atoms with Crippen molar-refractivity contribution in [2.75, 3.05) is 26.2 Å². The van der Waals surface area contributed by atoms with E-state index < -0.39 is 32.8 Å². The highest BCUT2D eigenvalue weighted by atomic mass is 32.2. The third-order valence-electron chi connectivity index (χ3n) is 5.83. The van der Waals surface area contributed by atoms with Gasteiger partial charge in [0.25, 0.3) is 17.7 Å². The molecule has 0 spiro atoms. The number of nitrogens with zero attached hydrogens (tertiary/aromatic N) is 2. The van der Waals surface area contributed by atoms with E-state index in [0.29, 0.717) is 0 Å². The van der Waals surface area contributed by atoms with Gasteiger partial charge in [0, 0.05) is 31.7 Å². The number of benzene rings is 2. The van der Waals surface area contributed by atoms with Gasteiger partial charge in [0.05, 0.1) is 11.2 Å². The van der Waals surface area contributed by atoms with Crippen LogP contribution in [-0.2, 0) is 14.6 Å². The average Bonchev–Trinajstić information content (AvgIpc) is 3.42. The number of carbonyl (C=O) groups is 3. The molecule has 0 saturated carbocycles. The van der Waals surface area contributed by atoms with Crippen LogP contribution in [0.15, 0.2) is 76.2 Å². The van der Waals surface area contributed by atoms with Crippen molar-refractivity contribution in [1.29, 1.82) is 0 Å². The SMILES string of the molecule is Cc1cccc(C(=O)N[C@H](C(=O)N2CCN(C(=O)c3ccco3)CC2)S(=O)(=O)c2ccc(F)cc2)c1. The molecule has 4 rings (SSSR count). The van der Waals surface area contributed by atoms with Crippen LogP contribution < -0.4 is 5.32 Å². The quantitative estimate of drug-likeness (QED) is 0.506. The number of nitrogens with one attached hydrogen (secondary N) is 1. The Hall–Kier alpha value is -3.99. The van der Waals surface area contributed by atoms with E-state index in [1.807, 2.05) is 0 Å². The molecule has 0 aliphatic carbocycles. The summed E-state index contributed by atoms with van der Waals surface area (Å²) in [5.74, 6) is -2.40. The number of furan rings is 1. The van der Waals surface area contributed by atoms with Crippen molar-refractivity contribution >= 4 is 27.6 Å². The Kier molecular flexibility index (Phi) is 7.20. The monoisotopic (exact) mass is 513 g/mol. The van der Waals surface area contributed by atoms with Crippen LogP contribution in [0.3, 0.4) is 0 Å². The van der Waals surface area contributed by atoms with Crippen molar-refractivity contribution in [2.24, 2.45) is 0 Å². The van der Waals surface area contributed by atoms with E-state index >= 15 is 0 Å². The zero-order chi connectivity index (χ0) is 25.9. The molecule has 2 aromatic carbocycles. The van der Waals surface area contributed by atoms with Gasteiger partial charge in [0.15, 0.2) is 5.76 Å². The second-order valence-electron chi connectivity index (χ2n) is 8.32. The summed E-state index contributed by atoms with van der Waals surface area (Å²) in [5, 5.41) is 0.419. The number of halogens is 1. The third-order valence-corrected chi connectivity index (χ3v) is 7.70. The van der Waals surface area contributed by atoms with Gasteiger partial charge >= 0.3 is 0 Å². The van der Waals surface area contributed by atoms with E-state index in [9.17, 15) is 27.2 Å². The number of rotatable bonds is 6. The van der Waals surface area contributed by atoms with E-state index in [2.05, 4.69) is 5.32 Å². The average molecular weight is 514 g/mol. The van der Waals surface area contributed by atoms with Crippen LogP contribution in [0, 0.1) is 12.7 Å². The molecule has 1 saturated heterocycles. The molecule has 1 aromatic heterocycles. The van der Waals surface area contributed by atoms with Crippen LogP contribution in [-0.4, -0.2) is 67.5 Å². The molecule has 0 unspecified atom stereocenters. The smallest absolute Gasteiger partial charge is 0.289 e. The molecule has 1 aliphatic heterocycles. The highest BCUT2D eigenvalue weighted by Crippen LogP contribution is 2.19. The molecule has 1 fully saturated rings. The molecule has 1 N–H and O–H groups in total. The number of hydrogen-bond acceptors (Lipinski definition) is 6. The summed E-state index contributed by atoms with van der Waals surface area (Å²) in [7, 11) is -4.43. The Balaban J connectivity index is 1.57. The summed E-state index contributed by atoms with van der Waals surface area (Å²) in [6.07, 6.45) is 1.38. The number of aryl methyl sites for hydroxylation is 1. The maximum atomic E-state index is 13.5. The Morgan fingerprint density at radius 3 is 2.22 bits per heavy atom. The maximum Gasteiger partial charge on any atom is 0.289 e. The van der Waals surface area contributed by atoms with Crippen LogP contribution in [0.4, 0.5) is 4.39 Å². The van der Waals surface area contributed by atoms with Crippen LogP contribution in [0.25, 0.3) is 0 Å². The third kappa shape index (κ3) is 5.30. The minimum Gasteiger partial charge on any atom is -0.459 e. The van der Waals surface area contributed by atoms with Crippen molar-refractivity contribution in [3.05, 3.63) is 89.6 Å². The van der Waals surface area contributed by atoms with Crippen molar-refractivity contribution in [3.63, 3.8) is 0 Å². The van der Waals surface area contributed by atoms with Crippen LogP contribution >= 0.6 is 0 Å². The predicted molar refractivity (Wildman–Crippen MR) is 127 cm³/mol. The fraction of sp³-hybridized carbons (Fsp3) is 0.240. The molecular formula is C25H24FN3O6S. The van der Waals surface area contributed by atoms with Gasteiger partial charge in [0.1, 0.15) is 5.82 Å². The van der Waals surface area contributed by atoms with Gasteiger partial charge in [-0.3, -0.25) is 14.4 Å². The van der Waals surface area contributed by atoms with Gasteiger partial charge in [-0.1, -0.05) is 17.7 Å².